The van der Waals surface area contributed by atoms with Crippen LogP contribution in [-0.2, 0) is 5.88 Å². The lowest BCUT2D eigenvalue weighted by Crippen LogP contribution is -2.36. The van der Waals surface area contributed by atoms with Gasteiger partial charge >= 0.3 is 0 Å². The molecule has 0 heterocycles. The zero-order valence-electron chi connectivity index (χ0n) is 11.4. The molecule has 0 saturated heterocycles. The van der Waals surface area contributed by atoms with Gasteiger partial charge in [0.15, 0.2) is 0 Å². The van der Waals surface area contributed by atoms with Crippen molar-refractivity contribution in [2.75, 3.05) is 11.9 Å². The average Bonchev–Trinajstić information content (AvgIpc) is 2.38. The van der Waals surface area contributed by atoms with Crippen LogP contribution in [0.2, 0.25) is 0 Å². The smallest absolute Gasteiger partial charge is 0.149 e. The molecule has 1 aliphatic rings. The first kappa shape index (κ1) is 14.6. The maximum absolute atomic E-state index is 14.0. The van der Waals surface area contributed by atoms with E-state index in [1.165, 1.54) is 12.1 Å². The zero-order valence-corrected chi connectivity index (χ0v) is 12.2. The van der Waals surface area contributed by atoms with Gasteiger partial charge in [0.2, 0.25) is 0 Å². The van der Waals surface area contributed by atoms with E-state index >= 15 is 0 Å². The highest BCUT2D eigenvalue weighted by Crippen LogP contribution is 2.32. The molecule has 106 valence electrons. The van der Waals surface area contributed by atoms with Crippen molar-refractivity contribution >= 4 is 17.3 Å². The number of halogens is 3. The summed E-state index contributed by atoms with van der Waals surface area (Å²) in [5, 5.41) is 0. The second-order valence-electron chi connectivity index (χ2n) is 5.57. The Balaban J connectivity index is 2.21. The summed E-state index contributed by atoms with van der Waals surface area (Å²) < 4.78 is 28.1. The van der Waals surface area contributed by atoms with Crippen molar-refractivity contribution in [3.8, 4) is 0 Å². The minimum Gasteiger partial charge on any atom is -0.367 e. The van der Waals surface area contributed by atoms with E-state index in [1.54, 1.807) is 11.9 Å². The summed E-state index contributed by atoms with van der Waals surface area (Å²) >= 11 is 5.62. The van der Waals surface area contributed by atoms with Crippen molar-refractivity contribution in [1.82, 2.24) is 0 Å². The molecule has 0 unspecified atom stereocenters. The maximum atomic E-state index is 14.0. The van der Waals surface area contributed by atoms with E-state index in [1.807, 2.05) is 0 Å². The van der Waals surface area contributed by atoms with Gasteiger partial charge in [-0.05, 0) is 49.3 Å². The standard InChI is InChI=1S/C15H20ClF2N/c1-10-3-5-12(6-4-10)19(2)15-13(17)7-11(9-16)8-14(15)18/h7-8,10,12H,3-6,9H2,1-2H3. The van der Waals surface area contributed by atoms with Gasteiger partial charge < -0.3 is 4.90 Å². The van der Waals surface area contributed by atoms with Gasteiger partial charge in [0, 0.05) is 19.0 Å². The maximum Gasteiger partial charge on any atom is 0.149 e. The van der Waals surface area contributed by atoms with Crippen LogP contribution in [0.15, 0.2) is 12.1 Å². The monoisotopic (exact) mass is 287 g/mol. The summed E-state index contributed by atoms with van der Waals surface area (Å²) in [6.07, 6.45) is 4.23. The highest BCUT2D eigenvalue weighted by Gasteiger charge is 2.25. The topological polar surface area (TPSA) is 3.24 Å². The number of benzene rings is 1. The molecule has 19 heavy (non-hydrogen) atoms. The lowest BCUT2D eigenvalue weighted by atomic mass is 9.86. The fourth-order valence-electron chi connectivity index (χ4n) is 2.84. The summed E-state index contributed by atoms with van der Waals surface area (Å²) in [4.78, 5) is 1.76. The Kier molecular flexibility index (Phi) is 4.67. The minimum absolute atomic E-state index is 0.0772. The number of alkyl halides is 1. The Morgan fingerprint density at radius 2 is 1.68 bits per heavy atom. The molecular weight excluding hydrogens is 268 g/mol. The minimum atomic E-state index is -0.517. The van der Waals surface area contributed by atoms with E-state index < -0.39 is 11.6 Å². The van der Waals surface area contributed by atoms with Crippen LogP contribution in [-0.4, -0.2) is 13.1 Å². The molecule has 1 fully saturated rings. The van der Waals surface area contributed by atoms with Gasteiger partial charge in [-0.3, -0.25) is 0 Å². The third-order valence-electron chi connectivity index (χ3n) is 4.12. The quantitative estimate of drug-likeness (QED) is 0.727. The highest BCUT2D eigenvalue weighted by molar-refractivity contribution is 6.17. The molecular formula is C15H20ClF2N. The summed E-state index contributed by atoms with van der Waals surface area (Å²) in [5.41, 5.74) is 0.555. The van der Waals surface area contributed by atoms with E-state index in [9.17, 15) is 8.78 Å². The Hall–Kier alpha value is -0.830. The Labute approximate surface area is 118 Å². The van der Waals surface area contributed by atoms with E-state index in [2.05, 4.69) is 6.92 Å². The first-order valence-electron chi connectivity index (χ1n) is 6.79. The molecule has 1 aromatic rings. The van der Waals surface area contributed by atoms with Crippen molar-refractivity contribution in [2.24, 2.45) is 5.92 Å². The van der Waals surface area contributed by atoms with Gasteiger partial charge in [-0.25, -0.2) is 8.78 Å². The van der Waals surface area contributed by atoms with Crippen molar-refractivity contribution in [2.45, 2.75) is 44.5 Å². The predicted octanol–water partition coefficient (Wildman–Crippen LogP) is 4.72. The van der Waals surface area contributed by atoms with Crippen LogP contribution in [0.1, 0.15) is 38.2 Å². The van der Waals surface area contributed by atoms with Crippen LogP contribution in [0, 0.1) is 17.6 Å². The summed E-state index contributed by atoms with van der Waals surface area (Å²) in [7, 11) is 1.78. The van der Waals surface area contributed by atoms with Crippen molar-refractivity contribution in [3.63, 3.8) is 0 Å². The first-order valence-corrected chi connectivity index (χ1v) is 7.33. The zero-order chi connectivity index (χ0) is 14.0. The predicted molar refractivity (Wildman–Crippen MR) is 75.7 cm³/mol. The summed E-state index contributed by atoms with van der Waals surface area (Å²) in [6.45, 7) is 2.23. The molecule has 1 aromatic carbocycles. The third-order valence-corrected chi connectivity index (χ3v) is 4.43. The van der Waals surface area contributed by atoms with Crippen LogP contribution in [0.3, 0.4) is 0 Å². The third kappa shape index (κ3) is 3.19. The van der Waals surface area contributed by atoms with Gasteiger partial charge in [0.25, 0.3) is 0 Å². The molecule has 1 aliphatic carbocycles. The van der Waals surface area contributed by atoms with Crippen LogP contribution < -0.4 is 4.90 Å². The highest BCUT2D eigenvalue weighted by atomic mass is 35.5. The lowest BCUT2D eigenvalue weighted by Gasteiger charge is -2.35. The number of nitrogens with zero attached hydrogens (tertiary/aromatic N) is 1. The van der Waals surface area contributed by atoms with E-state index in [-0.39, 0.29) is 17.6 Å². The fraction of sp³-hybridized carbons (Fsp3) is 0.600. The van der Waals surface area contributed by atoms with Gasteiger partial charge in [-0.1, -0.05) is 6.92 Å². The van der Waals surface area contributed by atoms with Crippen LogP contribution in [0.4, 0.5) is 14.5 Å². The van der Waals surface area contributed by atoms with Crippen LogP contribution >= 0.6 is 11.6 Å². The average molecular weight is 288 g/mol. The Morgan fingerprint density at radius 3 is 2.16 bits per heavy atom. The largest absolute Gasteiger partial charge is 0.367 e. The van der Waals surface area contributed by atoms with E-state index in [0.29, 0.717) is 5.56 Å². The molecule has 1 saturated carbocycles. The van der Waals surface area contributed by atoms with Crippen LogP contribution in [0.25, 0.3) is 0 Å². The van der Waals surface area contributed by atoms with E-state index in [0.717, 1.165) is 31.6 Å². The molecule has 2 rings (SSSR count). The molecule has 0 bridgehead atoms. The van der Waals surface area contributed by atoms with E-state index in [4.69, 9.17) is 11.6 Å². The fourth-order valence-corrected chi connectivity index (χ4v) is 3.00. The van der Waals surface area contributed by atoms with Gasteiger partial charge in [-0.2, -0.15) is 0 Å². The summed E-state index contributed by atoms with van der Waals surface area (Å²) in [5.74, 6) is -0.190. The molecule has 0 spiro atoms. The SMILES string of the molecule is CC1CCC(N(C)c2c(F)cc(CCl)cc2F)CC1. The Bertz CT molecular complexity index is 419. The number of anilines is 1. The number of hydrogen-bond donors (Lipinski definition) is 0. The van der Waals surface area contributed by atoms with Gasteiger partial charge in [0.1, 0.15) is 17.3 Å². The Morgan fingerprint density at radius 1 is 1.16 bits per heavy atom. The van der Waals surface area contributed by atoms with Crippen LogP contribution in [0.5, 0.6) is 0 Å². The molecule has 0 radical (unpaired) electrons. The lowest BCUT2D eigenvalue weighted by molar-refractivity contribution is 0.338. The molecule has 1 nitrogen and oxygen atoms in total. The van der Waals surface area contributed by atoms with Gasteiger partial charge in [-0.15, -0.1) is 11.6 Å². The van der Waals surface area contributed by atoms with Gasteiger partial charge in [0.05, 0.1) is 0 Å². The summed E-state index contributed by atoms with van der Waals surface area (Å²) in [6, 6.07) is 2.88. The molecule has 0 N–H and O–H groups in total. The number of rotatable bonds is 3. The van der Waals surface area contributed by atoms with Crippen molar-refractivity contribution in [1.29, 1.82) is 0 Å². The van der Waals surface area contributed by atoms with Crippen molar-refractivity contribution in [3.05, 3.63) is 29.3 Å². The second-order valence-corrected chi connectivity index (χ2v) is 5.83. The number of hydrogen-bond acceptors (Lipinski definition) is 1. The molecule has 0 amide bonds. The van der Waals surface area contributed by atoms with Crippen molar-refractivity contribution < 1.29 is 8.78 Å². The molecule has 0 aliphatic heterocycles. The molecule has 0 aromatic heterocycles. The molecule has 4 heteroatoms. The molecule has 0 atom stereocenters. The second kappa shape index (κ2) is 6.08. The normalized spacial score (nSPS) is 23.4. The first-order chi connectivity index (χ1) is 9.02.